The Kier molecular flexibility index (Phi) is 11.1. The van der Waals surface area contributed by atoms with Gasteiger partial charge < -0.3 is 0 Å². The lowest BCUT2D eigenvalue weighted by Gasteiger charge is -2.14. The lowest BCUT2D eigenvalue weighted by atomic mass is 9.93. The van der Waals surface area contributed by atoms with Crippen molar-refractivity contribution < 1.29 is 0 Å². The number of rotatable bonds is 10. The van der Waals surface area contributed by atoms with Gasteiger partial charge in [0.05, 0.1) is 0 Å². The van der Waals surface area contributed by atoms with Gasteiger partial charge in [-0.25, -0.2) is 29.9 Å². The number of nitrogens with zero attached hydrogens (tertiary/aromatic N) is 6. The van der Waals surface area contributed by atoms with Crippen molar-refractivity contribution >= 4 is 0 Å². The third-order valence-corrected chi connectivity index (χ3v) is 11.9. The van der Waals surface area contributed by atoms with E-state index < -0.39 is 0 Å². The Bertz CT molecular complexity index is 3460. The molecule has 0 spiro atoms. The zero-order chi connectivity index (χ0) is 44.9. The van der Waals surface area contributed by atoms with Gasteiger partial charge in [0.1, 0.15) is 0 Å². The molecule has 67 heavy (non-hydrogen) atoms. The van der Waals surface area contributed by atoms with Crippen LogP contribution < -0.4 is 0 Å². The average molecular weight is 859 g/mol. The van der Waals surface area contributed by atoms with Gasteiger partial charge in [0.2, 0.25) is 0 Å². The monoisotopic (exact) mass is 858 g/mol. The molecular weight excluding hydrogens is 817 g/mol. The highest BCUT2D eigenvalue weighted by Gasteiger charge is 2.18. The third-order valence-electron chi connectivity index (χ3n) is 11.9. The summed E-state index contributed by atoms with van der Waals surface area (Å²) in [5.74, 6) is 3.76. The highest BCUT2D eigenvalue weighted by molar-refractivity contribution is 5.84. The molecule has 0 bridgehead atoms. The molecule has 0 aliphatic carbocycles. The van der Waals surface area contributed by atoms with Crippen molar-refractivity contribution in [2.75, 3.05) is 0 Å². The van der Waals surface area contributed by atoms with E-state index in [1.54, 1.807) is 0 Å². The van der Waals surface area contributed by atoms with Crippen molar-refractivity contribution in [1.29, 1.82) is 0 Å². The molecule has 11 rings (SSSR count). The second-order valence-electron chi connectivity index (χ2n) is 16.4. The van der Waals surface area contributed by atoms with E-state index in [-0.39, 0.29) is 0 Å². The lowest BCUT2D eigenvalue weighted by molar-refractivity contribution is 1.07. The van der Waals surface area contributed by atoms with Crippen molar-refractivity contribution in [1.82, 2.24) is 29.9 Å². The van der Waals surface area contributed by atoms with Gasteiger partial charge in [-0.1, -0.05) is 212 Å². The maximum atomic E-state index is 5.18. The Hall–Kier alpha value is -9.00. The molecule has 0 atom stereocenters. The first-order valence-corrected chi connectivity index (χ1v) is 22.4. The van der Waals surface area contributed by atoms with Crippen molar-refractivity contribution in [3.63, 3.8) is 0 Å². The Balaban J connectivity index is 0.940. The maximum absolute atomic E-state index is 5.18. The summed E-state index contributed by atoms with van der Waals surface area (Å²) in [7, 11) is 0. The fourth-order valence-corrected chi connectivity index (χ4v) is 8.48. The molecule has 0 unspecified atom stereocenters. The average Bonchev–Trinajstić information content (AvgIpc) is 3.42. The summed E-state index contributed by atoms with van der Waals surface area (Å²) >= 11 is 0. The molecule has 0 fully saturated rings. The minimum absolute atomic E-state index is 0.615. The van der Waals surface area contributed by atoms with Crippen LogP contribution in [0.5, 0.6) is 0 Å². The second-order valence-corrected chi connectivity index (χ2v) is 16.4. The fraction of sp³-hybridized carbons (Fsp3) is 0.0164. The number of benzene rings is 9. The topological polar surface area (TPSA) is 77.3 Å². The minimum atomic E-state index is 0.615. The van der Waals surface area contributed by atoms with Crippen LogP contribution in [0.2, 0.25) is 0 Å². The molecule has 9 aromatic carbocycles. The Morgan fingerprint density at radius 1 is 0.194 bits per heavy atom. The molecule has 0 aliphatic heterocycles. The molecular formula is C61H42N6. The van der Waals surface area contributed by atoms with E-state index in [0.717, 1.165) is 83.5 Å². The molecule has 0 N–H and O–H groups in total. The number of aromatic nitrogens is 6. The van der Waals surface area contributed by atoms with E-state index in [0.29, 0.717) is 34.9 Å². The lowest BCUT2D eigenvalue weighted by Crippen LogP contribution is -2.01. The first kappa shape index (κ1) is 40.8. The first-order chi connectivity index (χ1) is 33.1. The van der Waals surface area contributed by atoms with E-state index in [1.165, 1.54) is 0 Å². The van der Waals surface area contributed by atoms with Crippen molar-refractivity contribution in [2.45, 2.75) is 6.92 Å². The van der Waals surface area contributed by atoms with Gasteiger partial charge in [0, 0.05) is 33.4 Å². The summed E-state index contributed by atoms with van der Waals surface area (Å²) in [6.07, 6.45) is 0. The van der Waals surface area contributed by atoms with Gasteiger partial charge in [-0.15, -0.1) is 0 Å². The molecule has 0 saturated heterocycles. The van der Waals surface area contributed by atoms with Crippen LogP contribution in [0, 0.1) is 6.92 Å². The third kappa shape index (κ3) is 8.67. The molecule has 0 aliphatic rings. The van der Waals surface area contributed by atoms with Gasteiger partial charge in [-0.2, -0.15) is 0 Å². The van der Waals surface area contributed by atoms with Gasteiger partial charge in [-0.3, -0.25) is 0 Å². The summed E-state index contributed by atoms with van der Waals surface area (Å²) in [5, 5.41) is 0. The van der Waals surface area contributed by atoms with Crippen LogP contribution >= 0.6 is 0 Å². The predicted octanol–water partition coefficient (Wildman–Crippen LogP) is 15.0. The standard InChI is InChI=1S/C61H42N6/c1-41-35-36-52(60-65-58(45-25-12-5-13-26-45)66-61(67-60)54-34-15-14-33-53(54)42-19-6-2-7-20-42)40-55(41)50-31-17-29-48(38-50)46-27-16-28-47(37-46)49-30-18-32-51(39-49)59-63-56(43-21-8-3-9-22-43)62-57(64-59)44-23-10-4-11-24-44/h2-40H,1H3. The zero-order valence-corrected chi connectivity index (χ0v) is 36.7. The van der Waals surface area contributed by atoms with Crippen molar-refractivity contribution in [3.8, 4) is 113 Å². The van der Waals surface area contributed by atoms with Crippen LogP contribution in [0.4, 0.5) is 0 Å². The normalized spacial score (nSPS) is 11.1. The smallest absolute Gasteiger partial charge is 0.164 e. The van der Waals surface area contributed by atoms with Crippen LogP contribution in [0.15, 0.2) is 237 Å². The van der Waals surface area contributed by atoms with E-state index in [9.17, 15) is 0 Å². The number of hydrogen-bond acceptors (Lipinski definition) is 6. The summed E-state index contributed by atoms with van der Waals surface area (Å²) < 4.78 is 0. The molecule has 0 radical (unpaired) electrons. The zero-order valence-electron chi connectivity index (χ0n) is 36.7. The molecule has 316 valence electrons. The molecule has 2 heterocycles. The highest BCUT2D eigenvalue weighted by Crippen LogP contribution is 2.36. The van der Waals surface area contributed by atoms with E-state index >= 15 is 0 Å². The fourth-order valence-electron chi connectivity index (χ4n) is 8.48. The predicted molar refractivity (Wildman–Crippen MR) is 272 cm³/mol. The van der Waals surface area contributed by atoms with Gasteiger partial charge in [0.15, 0.2) is 34.9 Å². The molecule has 11 aromatic rings. The van der Waals surface area contributed by atoms with Crippen LogP contribution in [-0.4, -0.2) is 29.9 Å². The molecule has 2 aromatic heterocycles. The highest BCUT2D eigenvalue weighted by atomic mass is 15.0. The minimum Gasteiger partial charge on any atom is -0.208 e. The van der Waals surface area contributed by atoms with Crippen LogP contribution in [0.1, 0.15) is 5.56 Å². The van der Waals surface area contributed by atoms with Crippen molar-refractivity contribution in [2.24, 2.45) is 0 Å². The van der Waals surface area contributed by atoms with Crippen LogP contribution in [0.3, 0.4) is 0 Å². The van der Waals surface area contributed by atoms with Crippen molar-refractivity contribution in [3.05, 3.63) is 242 Å². The number of aryl methyl sites for hydroxylation is 1. The summed E-state index contributed by atoms with van der Waals surface area (Å²) in [4.78, 5) is 30.2. The molecule has 6 heteroatoms. The first-order valence-electron chi connectivity index (χ1n) is 22.4. The molecule has 0 amide bonds. The number of hydrogen-bond donors (Lipinski definition) is 0. The quantitative estimate of drug-likeness (QED) is 0.136. The van der Waals surface area contributed by atoms with E-state index in [4.69, 9.17) is 29.9 Å². The molecule has 0 saturated carbocycles. The van der Waals surface area contributed by atoms with E-state index in [1.807, 2.05) is 103 Å². The Morgan fingerprint density at radius 2 is 0.507 bits per heavy atom. The van der Waals surface area contributed by atoms with Crippen LogP contribution in [0.25, 0.3) is 113 Å². The molecule has 6 nitrogen and oxygen atoms in total. The van der Waals surface area contributed by atoms with Crippen LogP contribution in [-0.2, 0) is 0 Å². The SMILES string of the molecule is Cc1ccc(-c2nc(-c3ccccc3)nc(-c3ccccc3-c3ccccc3)n2)cc1-c1cccc(-c2cccc(-c3cccc(-c4nc(-c5ccccc5)nc(-c5ccccc5)n4)c3)c2)c1. The maximum Gasteiger partial charge on any atom is 0.164 e. The largest absolute Gasteiger partial charge is 0.208 e. The summed E-state index contributed by atoms with van der Waals surface area (Å²) in [6, 6.07) is 81.3. The summed E-state index contributed by atoms with van der Waals surface area (Å²) in [6.45, 7) is 2.15. The summed E-state index contributed by atoms with van der Waals surface area (Å²) in [5.41, 5.74) is 15.5. The van der Waals surface area contributed by atoms with Gasteiger partial charge in [0.25, 0.3) is 0 Å². The Morgan fingerprint density at radius 3 is 0.985 bits per heavy atom. The van der Waals surface area contributed by atoms with Gasteiger partial charge in [-0.05, 0) is 81.3 Å². The van der Waals surface area contributed by atoms with E-state index in [2.05, 4.69) is 140 Å². The Labute approximate surface area is 390 Å². The van der Waals surface area contributed by atoms with Gasteiger partial charge >= 0.3 is 0 Å². The second kappa shape index (κ2) is 18.2.